The van der Waals surface area contributed by atoms with Gasteiger partial charge >= 0.3 is 0 Å². The maximum Gasteiger partial charge on any atom is 0.249 e. The zero-order valence-corrected chi connectivity index (χ0v) is 6.12. The van der Waals surface area contributed by atoms with Crippen LogP contribution in [-0.4, -0.2) is 23.8 Å². The summed E-state index contributed by atoms with van der Waals surface area (Å²) in [4.78, 5) is 11.0. The molecule has 3 atom stereocenters. The minimum absolute atomic E-state index is 0.0622. The molecule has 0 radical (unpaired) electrons. The van der Waals surface area contributed by atoms with Gasteiger partial charge in [0.15, 0.2) is 0 Å². The van der Waals surface area contributed by atoms with Crippen molar-refractivity contribution in [2.75, 3.05) is 6.61 Å². The van der Waals surface area contributed by atoms with E-state index in [9.17, 15) is 4.79 Å². The Hall–Kier alpha value is -0.610. The molecule has 0 aromatic rings. The van der Waals surface area contributed by atoms with E-state index in [1.165, 1.54) is 0 Å². The summed E-state index contributed by atoms with van der Waals surface area (Å²) in [5.74, 6) is -0.0397. The van der Waals surface area contributed by atoms with Gasteiger partial charge in [-0.15, -0.1) is 0 Å². The zero-order valence-electron chi connectivity index (χ0n) is 6.12. The highest BCUT2D eigenvalue weighted by atomic mass is 16.5. The predicted molar refractivity (Wildman–Crippen MR) is 35.9 cm³/mol. The highest BCUT2D eigenvalue weighted by Crippen LogP contribution is 2.40. The summed E-state index contributed by atoms with van der Waals surface area (Å²) in [7, 11) is 0. The van der Waals surface area contributed by atoms with Gasteiger partial charge in [0, 0.05) is 0 Å². The van der Waals surface area contributed by atoms with Crippen LogP contribution in [0.2, 0.25) is 0 Å². The molecule has 3 unspecified atom stereocenters. The molecule has 1 heterocycles. The Morgan fingerprint density at radius 2 is 2.36 bits per heavy atom. The van der Waals surface area contributed by atoms with Crippen molar-refractivity contribution in [1.29, 1.82) is 0 Å². The molecule has 4 nitrogen and oxygen atoms in total. The van der Waals surface area contributed by atoms with Crippen LogP contribution >= 0.6 is 0 Å². The van der Waals surface area contributed by atoms with Crippen molar-refractivity contribution in [2.24, 2.45) is 11.8 Å². The number of hydrogen-bond acceptors (Lipinski definition) is 3. The van der Waals surface area contributed by atoms with Crippen LogP contribution in [-0.2, 0) is 9.53 Å². The maximum absolute atomic E-state index is 11.0. The summed E-state index contributed by atoms with van der Waals surface area (Å²) in [5, 5.41) is 8.40. The first kappa shape index (κ1) is 7.06. The maximum atomic E-state index is 11.0. The zero-order chi connectivity index (χ0) is 7.84. The summed E-state index contributed by atoms with van der Waals surface area (Å²) >= 11 is 0. The molecule has 2 aliphatic rings. The SMILES string of the molecule is O=C(NO)C1C2CCC1OC2. The average molecular weight is 157 g/mol. The first-order valence-corrected chi connectivity index (χ1v) is 3.88. The Kier molecular flexibility index (Phi) is 1.58. The lowest BCUT2D eigenvalue weighted by atomic mass is 9.98. The molecular formula is C7H11NO3. The number of rotatable bonds is 1. The molecule has 4 heteroatoms. The van der Waals surface area contributed by atoms with Gasteiger partial charge in [0.2, 0.25) is 5.91 Å². The second-order valence-electron chi connectivity index (χ2n) is 3.21. The van der Waals surface area contributed by atoms with Crippen molar-refractivity contribution in [3.63, 3.8) is 0 Å². The molecule has 11 heavy (non-hydrogen) atoms. The van der Waals surface area contributed by atoms with Crippen LogP contribution in [0, 0.1) is 11.8 Å². The van der Waals surface area contributed by atoms with Crippen molar-refractivity contribution >= 4 is 5.91 Å². The molecule has 1 saturated carbocycles. The molecule has 2 rings (SSSR count). The third-order valence-corrected chi connectivity index (χ3v) is 2.67. The minimum atomic E-state index is -0.282. The molecule has 0 spiro atoms. The molecule has 2 bridgehead atoms. The van der Waals surface area contributed by atoms with Crippen LogP contribution in [0.3, 0.4) is 0 Å². The van der Waals surface area contributed by atoms with Gasteiger partial charge in [-0.25, -0.2) is 5.48 Å². The molecule has 2 N–H and O–H groups in total. The Morgan fingerprint density at radius 3 is 2.73 bits per heavy atom. The number of carbonyl (C=O) groups excluding carboxylic acids is 1. The van der Waals surface area contributed by atoms with E-state index in [0.29, 0.717) is 12.5 Å². The number of nitrogens with one attached hydrogen (secondary N) is 1. The van der Waals surface area contributed by atoms with Crippen molar-refractivity contribution in [3.8, 4) is 0 Å². The lowest BCUT2D eigenvalue weighted by Crippen LogP contribution is -2.32. The van der Waals surface area contributed by atoms with Crippen molar-refractivity contribution in [3.05, 3.63) is 0 Å². The van der Waals surface area contributed by atoms with E-state index in [4.69, 9.17) is 9.94 Å². The van der Waals surface area contributed by atoms with Gasteiger partial charge in [0.1, 0.15) is 0 Å². The van der Waals surface area contributed by atoms with E-state index in [1.54, 1.807) is 5.48 Å². The number of carbonyl (C=O) groups is 1. The van der Waals surface area contributed by atoms with Crippen LogP contribution in [0.1, 0.15) is 12.8 Å². The fourth-order valence-corrected chi connectivity index (χ4v) is 2.12. The Morgan fingerprint density at radius 1 is 1.55 bits per heavy atom. The molecule has 0 aromatic carbocycles. The summed E-state index contributed by atoms with van der Waals surface area (Å²) in [5.41, 5.74) is 1.69. The third kappa shape index (κ3) is 0.937. The van der Waals surface area contributed by atoms with Gasteiger partial charge in [0.05, 0.1) is 18.6 Å². The molecule has 1 saturated heterocycles. The van der Waals surface area contributed by atoms with Gasteiger partial charge < -0.3 is 4.74 Å². The Labute approximate surface area is 64.5 Å². The second kappa shape index (κ2) is 2.46. The largest absolute Gasteiger partial charge is 0.377 e. The lowest BCUT2D eigenvalue weighted by Gasteiger charge is -2.09. The molecule has 1 amide bonds. The van der Waals surface area contributed by atoms with Gasteiger partial charge in [-0.2, -0.15) is 0 Å². The second-order valence-corrected chi connectivity index (χ2v) is 3.21. The summed E-state index contributed by atoms with van der Waals surface area (Å²) < 4.78 is 5.32. The van der Waals surface area contributed by atoms with Crippen molar-refractivity contribution < 1.29 is 14.7 Å². The van der Waals surface area contributed by atoms with Crippen molar-refractivity contribution in [2.45, 2.75) is 18.9 Å². The van der Waals surface area contributed by atoms with Crippen LogP contribution in [0.4, 0.5) is 0 Å². The van der Waals surface area contributed by atoms with Gasteiger partial charge in [-0.3, -0.25) is 10.0 Å². The normalized spacial score (nSPS) is 41.0. The first-order valence-electron chi connectivity index (χ1n) is 3.88. The fourth-order valence-electron chi connectivity index (χ4n) is 2.12. The smallest absolute Gasteiger partial charge is 0.249 e. The molecule has 62 valence electrons. The van der Waals surface area contributed by atoms with Crippen LogP contribution < -0.4 is 5.48 Å². The first-order chi connectivity index (χ1) is 5.33. The van der Waals surface area contributed by atoms with Crippen molar-refractivity contribution in [1.82, 2.24) is 5.48 Å². The number of hydrogen-bond donors (Lipinski definition) is 2. The van der Waals surface area contributed by atoms with Gasteiger partial charge in [-0.1, -0.05) is 0 Å². The summed E-state index contributed by atoms with van der Waals surface area (Å²) in [6.45, 7) is 0.683. The summed E-state index contributed by atoms with van der Waals surface area (Å²) in [6, 6.07) is 0. The Bertz CT molecular complexity index is 163. The van der Waals surface area contributed by atoms with E-state index in [1.807, 2.05) is 0 Å². The van der Waals surface area contributed by atoms with Crippen LogP contribution in [0.25, 0.3) is 0 Å². The van der Waals surface area contributed by atoms with Crippen LogP contribution in [0.5, 0.6) is 0 Å². The fraction of sp³-hybridized carbons (Fsp3) is 0.857. The van der Waals surface area contributed by atoms with Gasteiger partial charge in [0.25, 0.3) is 0 Å². The molecule has 1 aliphatic carbocycles. The molecule has 0 aromatic heterocycles. The number of ether oxygens (including phenoxy) is 1. The summed E-state index contributed by atoms with van der Waals surface area (Å²) in [6.07, 6.45) is 2.08. The standard InChI is InChI=1S/C7H11NO3/c9-7(8-10)6-4-1-2-5(6)11-3-4/h4-6,10H,1-3H2,(H,8,9). The third-order valence-electron chi connectivity index (χ3n) is 2.67. The van der Waals surface area contributed by atoms with Crippen LogP contribution in [0.15, 0.2) is 0 Å². The quantitative estimate of drug-likeness (QED) is 0.413. The van der Waals surface area contributed by atoms with E-state index in [-0.39, 0.29) is 17.9 Å². The van der Waals surface area contributed by atoms with E-state index in [0.717, 1.165) is 12.8 Å². The van der Waals surface area contributed by atoms with Gasteiger partial charge in [-0.05, 0) is 18.8 Å². The predicted octanol–water partition coefficient (Wildman–Crippen LogP) is -0.0832. The average Bonchev–Trinajstić information content (AvgIpc) is 2.61. The highest BCUT2D eigenvalue weighted by molar-refractivity contribution is 5.79. The monoisotopic (exact) mass is 157 g/mol. The minimum Gasteiger partial charge on any atom is -0.377 e. The Balaban J connectivity index is 2.09. The number of hydroxylamine groups is 1. The molecular weight excluding hydrogens is 146 g/mol. The molecule has 1 aliphatic heterocycles. The topological polar surface area (TPSA) is 58.6 Å². The highest BCUT2D eigenvalue weighted by Gasteiger charge is 2.46. The number of fused-ring (bicyclic) bond motifs is 2. The number of amides is 1. The van der Waals surface area contributed by atoms with E-state index >= 15 is 0 Å². The molecule has 2 fully saturated rings. The van der Waals surface area contributed by atoms with E-state index < -0.39 is 0 Å². The van der Waals surface area contributed by atoms with E-state index in [2.05, 4.69) is 0 Å². The lowest BCUT2D eigenvalue weighted by molar-refractivity contribution is -0.135.